The van der Waals surface area contributed by atoms with Crippen molar-refractivity contribution < 1.29 is 8.94 Å². The van der Waals surface area contributed by atoms with Gasteiger partial charge in [-0.05, 0) is 31.2 Å². The van der Waals surface area contributed by atoms with Gasteiger partial charge in [-0.25, -0.2) is 4.98 Å². The highest BCUT2D eigenvalue weighted by atomic mass is 16.5. The fourth-order valence-corrected chi connectivity index (χ4v) is 2.23. The van der Waals surface area contributed by atoms with Gasteiger partial charge in [0, 0.05) is 24.7 Å². The molecule has 3 heterocycles. The molecule has 0 amide bonds. The fourth-order valence-electron chi connectivity index (χ4n) is 2.23. The van der Waals surface area contributed by atoms with Gasteiger partial charge < -0.3 is 13.8 Å². The van der Waals surface area contributed by atoms with E-state index >= 15 is 0 Å². The van der Waals surface area contributed by atoms with Gasteiger partial charge in [-0.1, -0.05) is 19.0 Å². The van der Waals surface area contributed by atoms with Gasteiger partial charge in [-0.3, -0.25) is 0 Å². The third-order valence-corrected chi connectivity index (χ3v) is 3.53. The summed E-state index contributed by atoms with van der Waals surface area (Å²) in [5.74, 6) is 4.08. The van der Waals surface area contributed by atoms with Gasteiger partial charge in [0.1, 0.15) is 17.3 Å². The first kappa shape index (κ1) is 15.3. The minimum atomic E-state index is 0.235. The first-order chi connectivity index (χ1) is 11.0. The van der Waals surface area contributed by atoms with E-state index in [9.17, 15) is 0 Å². The standard InChI is InChI=1S/C17H20N4O2/c1-11(2)16-19-17(23-20-16)13-7-8-18-15(9-13)21(4)10-14-6-5-12(3)22-14/h5-9,11H,10H2,1-4H3. The molecule has 0 aliphatic rings. The smallest absolute Gasteiger partial charge is 0.258 e. The summed E-state index contributed by atoms with van der Waals surface area (Å²) in [7, 11) is 1.97. The van der Waals surface area contributed by atoms with Crippen LogP contribution < -0.4 is 4.90 Å². The quantitative estimate of drug-likeness (QED) is 0.714. The number of aromatic nitrogens is 3. The van der Waals surface area contributed by atoms with Crippen LogP contribution in [0.1, 0.15) is 37.1 Å². The SMILES string of the molecule is Cc1ccc(CN(C)c2cc(-c3nc(C(C)C)no3)ccn2)o1. The van der Waals surface area contributed by atoms with Crippen molar-refractivity contribution in [2.45, 2.75) is 33.2 Å². The van der Waals surface area contributed by atoms with Crippen molar-refractivity contribution in [1.29, 1.82) is 0 Å². The summed E-state index contributed by atoms with van der Waals surface area (Å²) in [5, 5.41) is 4.00. The number of furan rings is 1. The van der Waals surface area contributed by atoms with Crippen molar-refractivity contribution in [1.82, 2.24) is 15.1 Å². The van der Waals surface area contributed by atoms with Crippen molar-refractivity contribution in [2.24, 2.45) is 0 Å². The average Bonchev–Trinajstić information content (AvgIpc) is 3.17. The Morgan fingerprint density at radius 2 is 2.04 bits per heavy atom. The van der Waals surface area contributed by atoms with Gasteiger partial charge in [0.15, 0.2) is 5.82 Å². The van der Waals surface area contributed by atoms with E-state index < -0.39 is 0 Å². The number of rotatable bonds is 5. The molecule has 3 aromatic heterocycles. The third-order valence-electron chi connectivity index (χ3n) is 3.53. The average molecular weight is 312 g/mol. The maximum absolute atomic E-state index is 5.61. The summed E-state index contributed by atoms with van der Waals surface area (Å²) in [4.78, 5) is 10.8. The maximum Gasteiger partial charge on any atom is 0.258 e. The number of aryl methyl sites for hydroxylation is 1. The normalized spacial score (nSPS) is 11.2. The van der Waals surface area contributed by atoms with Crippen molar-refractivity contribution in [2.75, 3.05) is 11.9 Å². The zero-order valence-electron chi connectivity index (χ0n) is 13.8. The summed E-state index contributed by atoms with van der Waals surface area (Å²) in [6.45, 7) is 6.65. The van der Waals surface area contributed by atoms with Gasteiger partial charge in [-0.2, -0.15) is 4.98 Å². The lowest BCUT2D eigenvalue weighted by Crippen LogP contribution is -2.17. The molecule has 3 aromatic rings. The molecular weight excluding hydrogens is 292 g/mol. The van der Waals surface area contributed by atoms with Gasteiger partial charge in [0.05, 0.1) is 6.54 Å². The molecule has 3 rings (SSSR count). The lowest BCUT2D eigenvalue weighted by Gasteiger charge is -2.16. The van der Waals surface area contributed by atoms with E-state index in [0.717, 1.165) is 22.9 Å². The van der Waals surface area contributed by atoms with Crippen LogP contribution in [0.25, 0.3) is 11.5 Å². The molecular formula is C17H20N4O2. The van der Waals surface area contributed by atoms with E-state index in [4.69, 9.17) is 8.94 Å². The predicted octanol–water partition coefficient (Wildman–Crippen LogP) is 3.79. The molecule has 0 aliphatic heterocycles. The minimum Gasteiger partial charge on any atom is -0.464 e. The molecule has 0 atom stereocenters. The molecule has 0 saturated carbocycles. The van der Waals surface area contributed by atoms with Crippen molar-refractivity contribution >= 4 is 5.82 Å². The molecule has 0 bridgehead atoms. The molecule has 0 saturated heterocycles. The summed E-state index contributed by atoms with van der Waals surface area (Å²) in [5.41, 5.74) is 0.858. The van der Waals surface area contributed by atoms with E-state index in [2.05, 4.69) is 15.1 Å². The van der Waals surface area contributed by atoms with Crippen LogP contribution in [0.3, 0.4) is 0 Å². The number of nitrogens with zero attached hydrogens (tertiary/aromatic N) is 4. The topological polar surface area (TPSA) is 68.2 Å². The van der Waals surface area contributed by atoms with Gasteiger partial charge in [-0.15, -0.1) is 0 Å². The van der Waals surface area contributed by atoms with Gasteiger partial charge >= 0.3 is 0 Å². The molecule has 6 nitrogen and oxygen atoms in total. The lowest BCUT2D eigenvalue weighted by atomic mass is 10.2. The van der Waals surface area contributed by atoms with Crippen molar-refractivity contribution in [3.63, 3.8) is 0 Å². The zero-order valence-corrected chi connectivity index (χ0v) is 13.8. The van der Waals surface area contributed by atoms with Crippen LogP contribution in [0.2, 0.25) is 0 Å². The number of pyridine rings is 1. The number of hydrogen-bond donors (Lipinski definition) is 0. The number of anilines is 1. The van der Waals surface area contributed by atoms with Crippen LogP contribution >= 0.6 is 0 Å². The highest BCUT2D eigenvalue weighted by molar-refractivity contribution is 5.58. The first-order valence-electron chi connectivity index (χ1n) is 7.59. The molecule has 23 heavy (non-hydrogen) atoms. The van der Waals surface area contributed by atoms with E-state index in [1.165, 1.54) is 0 Å². The van der Waals surface area contributed by atoms with Crippen LogP contribution in [0.5, 0.6) is 0 Å². The van der Waals surface area contributed by atoms with Gasteiger partial charge in [0.25, 0.3) is 5.89 Å². The Morgan fingerprint density at radius 3 is 2.70 bits per heavy atom. The Hall–Kier alpha value is -2.63. The third kappa shape index (κ3) is 3.41. The Labute approximate surface area is 135 Å². The van der Waals surface area contributed by atoms with Crippen LogP contribution in [-0.4, -0.2) is 22.2 Å². The maximum atomic E-state index is 5.61. The zero-order chi connectivity index (χ0) is 16.4. The van der Waals surface area contributed by atoms with Gasteiger partial charge in [0.2, 0.25) is 0 Å². The van der Waals surface area contributed by atoms with E-state index in [-0.39, 0.29) is 5.92 Å². The fraction of sp³-hybridized carbons (Fsp3) is 0.353. The lowest BCUT2D eigenvalue weighted by molar-refractivity contribution is 0.419. The largest absolute Gasteiger partial charge is 0.464 e. The van der Waals surface area contributed by atoms with Crippen molar-refractivity contribution in [3.05, 3.63) is 47.8 Å². The Bertz CT molecular complexity index is 791. The highest BCUT2D eigenvalue weighted by Crippen LogP contribution is 2.23. The molecule has 120 valence electrons. The molecule has 0 fully saturated rings. The van der Waals surface area contributed by atoms with Crippen LogP contribution in [-0.2, 0) is 6.54 Å². The molecule has 0 unspecified atom stereocenters. The molecule has 0 spiro atoms. The molecule has 0 aliphatic carbocycles. The first-order valence-corrected chi connectivity index (χ1v) is 7.59. The molecule has 0 radical (unpaired) electrons. The van der Waals surface area contributed by atoms with Crippen molar-refractivity contribution in [3.8, 4) is 11.5 Å². The Kier molecular flexibility index (Phi) is 4.14. The molecule has 0 aromatic carbocycles. The predicted molar refractivity (Wildman–Crippen MR) is 87.2 cm³/mol. The Balaban J connectivity index is 1.81. The van der Waals surface area contributed by atoms with Crippen LogP contribution in [0.15, 0.2) is 39.4 Å². The summed E-state index contributed by atoms with van der Waals surface area (Å²) >= 11 is 0. The van der Waals surface area contributed by atoms with E-state index in [1.54, 1.807) is 6.20 Å². The molecule has 6 heteroatoms. The summed E-state index contributed by atoms with van der Waals surface area (Å²) in [6, 6.07) is 7.74. The summed E-state index contributed by atoms with van der Waals surface area (Å²) < 4.78 is 11.0. The number of hydrogen-bond acceptors (Lipinski definition) is 6. The second kappa shape index (κ2) is 6.24. The van der Waals surface area contributed by atoms with E-state index in [0.29, 0.717) is 18.3 Å². The van der Waals surface area contributed by atoms with E-state index in [1.807, 2.05) is 57.0 Å². The van der Waals surface area contributed by atoms with Crippen LogP contribution in [0.4, 0.5) is 5.82 Å². The Morgan fingerprint density at radius 1 is 1.22 bits per heavy atom. The second-order valence-corrected chi connectivity index (χ2v) is 5.88. The summed E-state index contributed by atoms with van der Waals surface area (Å²) in [6.07, 6.45) is 1.74. The molecule has 0 N–H and O–H groups in total. The second-order valence-electron chi connectivity index (χ2n) is 5.88. The monoisotopic (exact) mass is 312 g/mol. The van der Waals surface area contributed by atoms with Crippen LogP contribution in [0, 0.1) is 6.92 Å². The highest BCUT2D eigenvalue weighted by Gasteiger charge is 2.13. The minimum absolute atomic E-state index is 0.235.